The zero-order valence-electron chi connectivity index (χ0n) is 10.4. The van der Waals surface area contributed by atoms with E-state index < -0.39 is 0 Å². The molecule has 6 heteroatoms. The van der Waals surface area contributed by atoms with Crippen LogP contribution in [0.4, 0.5) is 5.69 Å². The van der Waals surface area contributed by atoms with Crippen LogP contribution in [0.5, 0.6) is 0 Å². The van der Waals surface area contributed by atoms with Crippen LogP contribution < -0.4 is 10.6 Å². The molecule has 2 amide bonds. The number of imide groups is 1. The van der Waals surface area contributed by atoms with Crippen molar-refractivity contribution in [3.8, 4) is 0 Å². The molecule has 0 radical (unpaired) electrons. The van der Waals surface area contributed by atoms with Crippen molar-refractivity contribution in [2.75, 3.05) is 12.4 Å². The second kappa shape index (κ2) is 4.31. The second-order valence-electron chi connectivity index (χ2n) is 4.80. The van der Waals surface area contributed by atoms with E-state index in [4.69, 9.17) is 12.2 Å². The SMILES string of the molecule is CN1C(=O)c2ccc(NC(=S)NC3CC3)cc2C1=O. The van der Waals surface area contributed by atoms with Crippen molar-refractivity contribution >= 4 is 34.8 Å². The fraction of sp³-hybridized carbons (Fsp3) is 0.308. The molecule has 2 aliphatic rings. The number of benzene rings is 1. The standard InChI is InChI=1S/C13H13N3O2S/c1-16-11(17)9-5-4-8(6-10(9)12(16)18)15-13(19)14-7-2-3-7/h4-7H,2-3H2,1H3,(H2,14,15,19). The van der Waals surface area contributed by atoms with Crippen LogP contribution in [0.25, 0.3) is 0 Å². The third-order valence-corrected chi connectivity index (χ3v) is 3.48. The van der Waals surface area contributed by atoms with E-state index in [1.165, 1.54) is 7.05 Å². The first-order valence-corrected chi connectivity index (χ1v) is 6.51. The highest BCUT2D eigenvalue weighted by Gasteiger charge is 2.32. The molecule has 0 bridgehead atoms. The summed E-state index contributed by atoms with van der Waals surface area (Å²) in [5.74, 6) is -0.532. The second-order valence-corrected chi connectivity index (χ2v) is 5.21. The van der Waals surface area contributed by atoms with E-state index in [0.717, 1.165) is 17.7 Å². The van der Waals surface area contributed by atoms with Crippen LogP contribution in [-0.4, -0.2) is 34.9 Å². The summed E-state index contributed by atoms with van der Waals surface area (Å²) in [6, 6.07) is 5.55. The average molecular weight is 275 g/mol. The number of carbonyl (C=O) groups is 2. The summed E-state index contributed by atoms with van der Waals surface area (Å²) >= 11 is 5.17. The number of hydrogen-bond donors (Lipinski definition) is 2. The Morgan fingerprint density at radius 2 is 1.95 bits per heavy atom. The Morgan fingerprint density at radius 1 is 1.26 bits per heavy atom. The lowest BCUT2D eigenvalue weighted by atomic mass is 10.1. The zero-order valence-corrected chi connectivity index (χ0v) is 11.2. The van der Waals surface area contributed by atoms with Gasteiger partial charge in [0.2, 0.25) is 0 Å². The van der Waals surface area contributed by atoms with Gasteiger partial charge in [-0.2, -0.15) is 0 Å². The van der Waals surface area contributed by atoms with Gasteiger partial charge in [0.05, 0.1) is 11.1 Å². The molecule has 5 nitrogen and oxygen atoms in total. The van der Waals surface area contributed by atoms with Crippen LogP contribution in [-0.2, 0) is 0 Å². The van der Waals surface area contributed by atoms with Gasteiger partial charge in [0.1, 0.15) is 0 Å². The molecule has 1 saturated carbocycles. The molecule has 19 heavy (non-hydrogen) atoms. The van der Waals surface area contributed by atoms with Gasteiger partial charge in [0.15, 0.2) is 5.11 Å². The highest BCUT2D eigenvalue weighted by Crippen LogP contribution is 2.25. The predicted octanol–water partition coefficient (Wildman–Crippen LogP) is 1.36. The number of fused-ring (bicyclic) bond motifs is 1. The molecule has 0 spiro atoms. The molecule has 2 N–H and O–H groups in total. The summed E-state index contributed by atoms with van der Waals surface area (Å²) in [6.45, 7) is 0. The van der Waals surface area contributed by atoms with Crippen LogP contribution in [0.1, 0.15) is 33.6 Å². The fourth-order valence-corrected chi connectivity index (χ4v) is 2.30. The minimum Gasteiger partial charge on any atom is -0.360 e. The van der Waals surface area contributed by atoms with Gasteiger partial charge < -0.3 is 10.6 Å². The number of nitrogens with one attached hydrogen (secondary N) is 2. The Balaban J connectivity index is 1.80. The lowest BCUT2D eigenvalue weighted by Crippen LogP contribution is -2.30. The van der Waals surface area contributed by atoms with Crippen LogP contribution >= 0.6 is 12.2 Å². The molecule has 1 aromatic rings. The van der Waals surface area contributed by atoms with Gasteiger partial charge in [-0.15, -0.1) is 0 Å². The Morgan fingerprint density at radius 3 is 2.63 bits per heavy atom. The first kappa shape index (κ1) is 12.1. The quantitative estimate of drug-likeness (QED) is 0.630. The van der Waals surface area contributed by atoms with Gasteiger partial charge in [-0.1, -0.05) is 0 Å². The van der Waals surface area contributed by atoms with Crippen molar-refractivity contribution in [1.82, 2.24) is 10.2 Å². The molecule has 0 unspecified atom stereocenters. The van der Waals surface area contributed by atoms with Crippen molar-refractivity contribution in [2.24, 2.45) is 0 Å². The Kier molecular flexibility index (Phi) is 2.74. The van der Waals surface area contributed by atoms with Crippen LogP contribution in [0.3, 0.4) is 0 Å². The normalized spacial score (nSPS) is 17.4. The number of amides is 2. The van der Waals surface area contributed by atoms with E-state index >= 15 is 0 Å². The molecule has 0 atom stereocenters. The van der Waals surface area contributed by atoms with Crippen molar-refractivity contribution in [1.29, 1.82) is 0 Å². The molecule has 1 aliphatic carbocycles. The molecule has 1 fully saturated rings. The van der Waals surface area contributed by atoms with Crippen LogP contribution in [0.15, 0.2) is 18.2 Å². The van der Waals surface area contributed by atoms with E-state index in [2.05, 4.69) is 10.6 Å². The average Bonchev–Trinajstić information content (AvgIpc) is 3.16. The molecular formula is C13H13N3O2S. The van der Waals surface area contributed by atoms with Gasteiger partial charge >= 0.3 is 0 Å². The summed E-state index contributed by atoms with van der Waals surface area (Å²) < 4.78 is 0. The molecule has 0 aromatic heterocycles. The maximum Gasteiger partial charge on any atom is 0.261 e. The maximum atomic E-state index is 11.9. The number of thiocarbonyl (C=S) groups is 1. The van der Waals surface area contributed by atoms with Crippen molar-refractivity contribution in [2.45, 2.75) is 18.9 Å². The van der Waals surface area contributed by atoms with E-state index in [-0.39, 0.29) is 11.8 Å². The van der Waals surface area contributed by atoms with E-state index in [1.54, 1.807) is 18.2 Å². The van der Waals surface area contributed by atoms with Crippen molar-refractivity contribution in [3.63, 3.8) is 0 Å². The van der Waals surface area contributed by atoms with Crippen LogP contribution in [0, 0.1) is 0 Å². The van der Waals surface area contributed by atoms with Gasteiger partial charge in [-0.3, -0.25) is 14.5 Å². The Hall–Kier alpha value is -1.95. The number of anilines is 1. The number of rotatable bonds is 2. The first-order chi connectivity index (χ1) is 9.06. The molecule has 98 valence electrons. The van der Waals surface area contributed by atoms with Gasteiger partial charge in [0.25, 0.3) is 11.8 Å². The summed E-state index contributed by atoms with van der Waals surface area (Å²) in [4.78, 5) is 24.7. The molecule has 1 aliphatic heterocycles. The summed E-state index contributed by atoms with van der Waals surface area (Å²) in [5, 5.41) is 6.74. The summed E-state index contributed by atoms with van der Waals surface area (Å²) in [6.07, 6.45) is 2.29. The van der Waals surface area contributed by atoms with Gasteiger partial charge in [-0.05, 0) is 43.3 Å². The third-order valence-electron chi connectivity index (χ3n) is 3.26. The lowest BCUT2D eigenvalue weighted by Gasteiger charge is -2.10. The van der Waals surface area contributed by atoms with Crippen molar-refractivity contribution in [3.05, 3.63) is 29.3 Å². The lowest BCUT2D eigenvalue weighted by molar-refractivity contribution is 0.0693. The fourth-order valence-electron chi connectivity index (χ4n) is 2.02. The zero-order chi connectivity index (χ0) is 13.6. The molecular weight excluding hydrogens is 262 g/mol. The minimum atomic E-state index is -0.273. The maximum absolute atomic E-state index is 11.9. The molecule has 1 aromatic carbocycles. The van der Waals surface area contributed by atoms with Gasteiger partial charge in [0, 0.05) is 18.8 Å². The predicted molar refractivity (Wildman–Crippen MR) is 75.2 cm³/mol. The third kappa shape index (κ3) is 2.19. The van der Waals surface area contributed by atoms with Crippen molar-refractivity contribution < 1.29 is 9.59 Å². The molecule has 0 saturated heterocycles. The monoisotopic (exact) mass is 275 g/mol. The largest absolute Gasteiger partial charge is 0.360 e. The van der Waals surface area contributed by atoms with E-state index in [0.29, 0.717) is 28.0 Å². The Bertz CT molecular complexity index is 596. The highest BCUT2D eigenvalue weighted by atomic mass is 32.1. The highest BCUT2D eigenvalue weighted by molar-refractivity contribution is 7.80. The number of carbonyl (C=O) groups excluding carboxylic acids is 2. The Labute approximate surface area is 116 Å². The molecule has 1 heterocycles. The number of hydrogen-bond acceptors (Lipinski definition) is 3. The van der Waals surface area contributed by atoms with E-state index in [1.807, 2.05) is 0 Å². The molecule has 3 rings (SSSR count). The number of nitrogens with zero attached hydrogens (tertiary/aromatic N) is 1. The minimum absolute atomic E-state index is 0.259. The topological polar surface area (TPSA) is 61.4 Å². The van der Waals surface area contributed by atoms with Crippen LogP contribution in [0.2, 0.25) is 0 Å². The first-order valence-electron chi connectivity index (χ1n) is 6.10. The van der Waals surface area contributed by atoms with E-state index in [9.17, 15) is 9.59 Å². The smallest absolute Gasteiger partial charge is 0.261 e. The summed E-state index contributed by atoms with van der Waals surface area (Å²) in [5.41, 5.74) is 1.58. The van der Waals surface area contributed by atoms with Gasteiger partial charge in [-0.25, -0.2) is 0 Å². The summed E-state index contributed by atoms with van der Waals surface area (Å²) in [7, 11) is 1.48.